The van der Waals surface area contributed by atoms with Gasteiger partial charge in [-0.1, -0.05) is 54.8 Å². The fourth-order valence-electron chi connectivity index (χ4n) is 4.18. The van der Waals surface area contributed by atoms with Crippen molar-refractivity contribution in [2.24, 2.45) is 0 Å². The van der Waals surface area contributed by atoms with Crippen LogP contribution in [0.1, 0.15) is 49.3 Å². The van der Waals surface area contributed by atoms with E-state index in [0.29, 0.717) is 23.7 Å². The number of carbonyl (C=O) groups is 2. The summed E-state index contributed by atoms with van der Waals surface area (Å²) in [5.74, 6) is 0.292. The van der Waals surface area contributed by atoms with E-state index in [9.17, 15) is 9.59 Å². The van der Waals surface area contributed by atoms with Crippen molar-refractivity contribution in [1.29, 1.82) is 0 Å². The van der Waals surface area contributed by atoms with Gasteiger partial charge in [-0.2, -0.15) is 0 Å². The summed E-state index contributed by atoms with van der Waals surface area (Å²) in [6, 6.07) is 13.3. The predicted molar refractivity (Wildman–Crippen MR) is 128 cm³/mol. The summed E-state index contributed by atoms with van der Waals surface area (Å²) in [7, 11) is 0. The smallest absolute Gasteiger partial charge is 0.261 e. The van der Waals surface area contributed by atoms with Gasteiger partial charge in [-0.05, 0) is 68.9 Å². The minimum atomic E-state index is -0.566. The Hall–Kier alpha value is -2.53. The molecule has 1 fully saturated rings. The Morgan fingerprint density at radius 3 is 2.38 bits per heavy atom. The van der Waals surface area contributed by atoms with Gasteiger partial charge in [0.1, 0.15) is 11.8 Å². The largest absolute Gasteiger partial charge is 0.484 e. The van der Waals surface area contributed by atoms with Crippen molar-refractivity contribution in [3.63, 3.8) is 0 Å². The first-order chi connectivity index (χ1) is 15.3. The van der Waals surface area contributed by atoms with Gasteiger partial charge in [-0.3, -0.25) is 9.59 Å². The fraction of sp³-hybridized carbons (Fsp3) is 0.462. The highest BCUT2D eigenvalue weighted by atomic mass is 35.5. The average Bonchev–Trinajstić information content (AvgIpc) is 3.29. The first kappa shape index (κ1) is 24.1. The van der Waals surface area contributed by atoms with E-state index in [0.717, 1.165) is 42.4 Å². The summed E-state index contributed by atoms with van der Waals surface area (Å²) in [5.41, 5.74) is 2.93. The molecule has 0 radical (unpaired) electrons. The van der Waals surface area contributed by atoms with Crippen LogP contribution in [0.2, 0.25) is 5.02 Å². The first-order valence-electron chi connectivity index (χ1n) is 11.4. The third-order valence-corrected chi connectivity index (χ3v) is 6.72. The van der Waals surface area contributed by atoms with Gasteiger partial charge in [0.15, 0.2) is 6.61 Å². The number of hydrogen-bond donors (Lipinski definition) is 1. The molecule has 1 aliphatic rings. The Morgan fingerprint density at radius 1 is 1.12 bits per heavy atom. The van der Waals surface area contributed by atoms with Crippen LogP contribution in [0, 0.1) is 13.8 Å². The lowest BCUT2D eigenvalue weighted by molar-refractivity contribution is -0.141. The van der Waals surface area contributed by atoms with E-state index in [2.05, 4.69) is 5.32 Å². The van der Waals surface area contributed by atoms with Crippen LogP contribution in [0.5, 0.6) is 5.75 Å². The molecular formula is C26H33ClN2O3. The minimum Gasteiger partial charge on any atom is -0.484 e. The SMILES string of the molecule is Cc1cc(OCC(=O)N(CCc2ccccc2)C(C)C(=O)NC2CCCC2)cc(C)c1Cl. The normalized spacial score (nSPS) is 14.8. The number of amides is 2. The van der Waals surface area contributed by atoms with Gasteiger partial charge in [0.2, 0.25) is 5.91 Å². The lowest BCUT2D eigenvalue weighted by Gasteiger charge is -2.29. The van der Waals surface area contributed by atoms with Gasteiger partial charge in [-0.25, -0.2) is 0 Å². The van der Waals surface area contributed by atoms with Gasteiger partial charge in [0.25, 0.3) is 5.91 Å². The van der Waals surface area contributed by atoms with Crippen LogP contribution in [-0.2, 0) is 16.0 Å². The van der Waals surface area contributed by atoms with Crippen molar-refractivity contribution >= 4 is 23.4 Å². The maximum Gasteiger partial charge on any atom is 0.261 e. The topological polar surface area (TPSA) is 58.6 Å². The van der Waals surface area contributed by atoms with E-state index in [1.165, 1.54) is 0 Å². The van der Waals surface area contributed by atoms with Crippen molar-refractivity contribution in [3.8, 4) is 5.75 Å². The number of nitrogens with one attached hydrogen (secondary N) is 1. The number of halogens is 1. The van der Waals surface area contributed by atoms with E-state index in [1.807, 2.05) is 56.3 Å². The number of nitrogens with zero attached hydrogens (tertiary/aromatic N) is 1. The third-order valence-electron chi connectivity index (χ3n) is 6.13. The van der Waals surface area contributed by atoms with Gasteiger partial charge < -0.3 is 15.0 Å². The molecule has 2 amide bonds. The molecule has 2 aromatic carbocycles. The number of hydrogen-bond acceptors (Lipinski definition) is 3. The van der Waals surface area contributed by atoms with Crippen LogP contribution in [-0.4, -0.2) is 41.9 Å². The first-order valence-corrected chi connectivity index (χ1v) is 11.8. The fourth-order valence-corrected chi connectivity index (χ4v) is 4.29. The molecule has 0 saturated heterocycles. The molecule has 6 heteroatoms. The molecule has 1 saturated carbocycles. The molecule has 0 spiro atoms. The maximum absolute atomic E-state index is 13.2. The zero-order chi connectivity index (χ0) is 23.1. The molecule has 2 aromatic rings. The Labute approximate surface area is 196 Å². The summed E-state index contributed by atoms with van der Waals surface area (Å²) in [5, 5.41) is 3.82. The third kappa shape index (κ3) is 6.49. The summed E-state index contributed by atoms with van der Waals surface area (Å²) in [4.78, 5) is 27.7. The van der Waals surface area contributed by atoms with Gasteiger partial charge in [0, 0.05) is 17.6 Å². The molecule has 1 N–H and O–H groups in total. The molecule has 0 heterocycles. The molecule has 3 rings (SSSR count). The van der Waals surface area contributed by atoms with E-state index >= 15 is 0 Å². The van der Waals surface area contributed by atoms with E-state index < -0.39 is 6.04 Å². The van der Waals surface area contributed by atoms with Crippen LogP contribution in [0.3, 0.4) is 0 Å². The molecule has 5 nitrogen and oxygen atoms in total. The zero-order valence-electron chi connectivity index (χ0n) is 19.2. The standard InChI is InChI=1S/C26H33ClN2O3/c1-18-15-23(16-19(2)25(18)27)32-17-24(30)29(14-13-21-9-5-4-6-10-21)20(3)26(31)28-22-11-7-8-12-22/h4-6,9-10,15-16,20,22H,7-8,11-14,17H2,1-3H3,(H,28,31). The molecule has 0 aliphatic heterocycles. The summed E-state index contributed by atoms with van der Waals surface area (Å²) < 4.78 is 5.80. The second-order valence-corrected chi connectivity index (χ2v) is 9.03. The number of aryl methyl sites for hydroxylation is 2. The van der Waals surface area contributed by atoms with Crippen molar-refractivity contribution < 1.29 is 14.3 Å². The molecule has 172 valence electrons. The van der Waals surface area contributed by atoms with E-state index in [1.54, 1.807) is 11.8 Å². The molecule has 0 bridgehead atoms. The summed E-state index contributed by atoms with van der Waals surface area (Å²) in [6.07, 6.45) is 4.98. The number of benzene rings is 2. The lowest BCUT2D eigenvalue weighted by atomic mass is 10.1. The average molecular weight is 457 g/mol. The number of rotatable bonds is 9. The van der Waals surface area contributed by atoms with Crippen LogP contribution in [0.4, 0.5) is 0 Å². The molecule has 1 unspecified atom stereocenters. The Kier molecular flexibility index (Phi) is 8.57. The minimum absolute atomic E-state index is 0.100. The van der Waals surface area contributed by atoms with Crippen LogP contribution >= 0.6 is 11.6 Å². The Bertz CT molecular complexity index is 903. The molecule has 1 aliphatic carbocycles. The lowest BCUT2D eigenvalue weighted by Crippen LogP contribution is -2.51. The van der Waals surface area contributed by atoms with E-state index in [4.69, 9.17) is 16.3 Å². The highest BCUT2D eigenvalue weighted by Gasteiger charge is 2.28. The quantitative estimate of drug-likeness (QED) is 0.586. The van der Waals surface area contributed by atoms with Crippen molar-refractivity contribution in [1.82, 2.24) is 10.2 Å². The van der Waals surface area contributed by atoms with Crippen molar-refractivity contribution in [2.75, 3.05) is 13.2 Å². The molecular weight excluding hydrogens is 424 g/mol. The van der Waals surface area contributed by atoms with Crippen molar-refractivity contribution in [2.45, 2.75) is 65.0 Å². The summed E-state index contributed by atoms with van der Waals surface area (Å²) in [6.45, 7) is 5.93. The molecule has 0 aromatic heterocycles. The zero-order valence-corrected chi connectivity index (χ0v) is 20.0. The van der Waals surface area contributed by atoms with Crippen molar-refractivity contribution in [3.05, 3.63) is 64.2 Å². The predicted octanol–water partition coefficient (Wildman–Crippen LogP) is 4.85. The Morgan fingerprint density at radius 2 is 1.75 bits per heavy atom. The maximum atomic E-state index is 13.2. The van der Waals surface area contributed by atoms with E-state index in [-0.39, 0.29) is 24.5 Å². The highest BCUT2D eigenvalue weighted by Crippen LogP contribution is 2.26. The molecule has 1 atom stereocenters. The Balaban J connectivity index is 1.68. The van der Waals surface area contributed by atoms with Crippen LogP contribution in [0.25, 0.3) is 0 Å². The number of ether oxygens (including phenoxy) is 1. The number of carbonyl (C=O) groups excluding carboxylic acids is 2. The van der Waals surface area contributed by atoms with Crippen LogP contribution in [0.15, 0.2) is 42.5 Å². The second-order valence-electron chi connectivity index (χ2n) is 8.65. The van der Waals surface area contributed by atoms with Gasteiger partial charge in [-0.15, -0.1) is 0 Å². The van der Waals surface area contributed by atoms with Crippen LogP contribution < -0.4 is 10.1 Å². The van der Waals surface area contributed by atoms with Gasteiger partial charge in [0.05, 0.1) is 0 Å². The summed E-state index contributed by atoms with van der Waals surface area (Å²) >= 11 is 6.23. The van der Waals surface area contributed by atoms with Gasteiger partial charge >= 0.3 is 0 Å². The highest BCUT2D eigenvalue weighted by molar-refractivity contribution is 6.32. The monoisotopic (exact) mass is 456 g/mol. The molecule has 32 heavy (non-hydrogen) atoms. The second kappa shape index (κ2) is 11.4.